The number of hydrogen-bond acceptors (Lipinski definition) is 4. The first-order valence-corrected chi connectivity index (χ1v) is 6.94. The van der Waals surface area contributed by atoms with Crippen LogP contribution in [0.25, 0.3) is 0 Å². The fraction of sp³-hybridized carbons (Fsp3) is 0.438. The van der Waals surface area contributed by atoms with E-state index in [1.165, 1.54) is 0 Å². The number of likely N-dealkylation sites (N-methyl/N-ethyl adjacent to an activating group) is 1. The normalized spacial score (nSPS) is 12.2. The first-order chi connectivity index (χ1) is 9.81. The van der Waals surface area contributed by atoms with Crippen molar-refractivity contribution in [2.45, 2.75) is 18.9 Å². The summed E-state index contributed by atoms with van der Waals surface area (Å²) < 4.78 is 0. The van der Waals surface area contributed by atoms with Crippen molar-refractivity contribution in [1.82, 2.24) is 9.80 Å². The molecule has 21 heavy (non-hydrogen) atoms. The molecule has 0 aliphatic rings. The Kier molecular flexibility index (Phi) is 6.24. The monoisotopic (exact) mass is 291 g/mol. The maximum absolute atomic E-state index is 12.2. The molecule has 0 aromatic heterocycles. The van der Waals surface area contributed by atoms with Crippen LogP contribution in [-0.4, -0.2) is 54.5 Å². The number of hydrogen-bond donors (Lipinski definition) is 2. The Bertz CT molecular complexity index is 483. The number of nitrogens with two attached hydrogens (primary N) is 1. The van der Waals surface area contributed by atoms with E-state index >= 15 is 0 Å². The number of aliphatic hydroxyl groups excluding tert-OH is 1. The lowest BCUT2D eigenvalue weighted by Gasteiger charge is -2.28. The second kappa shape index (κ2) is 7.69. The number of benzene rings is 1. The van der Waals surface area contributed by atoms with Gasteiger partial charge in [-0.3, -0.25) is 4.79 Å². The Labute approximate surface area is 126 Å². The van der Waals surface area contributed by atoms with Crippen molar-refractivity contribution in [3.8, 4) is 0 Å². The predicted molar refractivity (Wildman–Crippen MR) is 86.1 cm³/mol. The summed E-state index contributed by atoms with van der Waals surface area (Å²) in [6.07, 6.45) is 0.925. The van der Waals surface area contributed by atoms with Gasteiger partial charge in [0.25, 0.3) is 0 Å². The maximum Gasteiger partial charge on any atom is 0.224 e. The minimum absolute atomic E-state index is 0.00692. The molecule has 0 unspecified atom stereocenters. The summed E-state index contributed by atoms with van der Waals surface area (Å²) >= 11 is 0. The fourth-order valence-electron chi connectivity index (χ4n) is 2.02. The van der Waals surface area contributed by atoms with Gasteiger partial charge in [0.15, 0.2) is 0 Å². The number of nitrogen functional groups attached to an aromatic ring is 1. The molecule has 5 nitrogen and oxygen atoms in total. The Morgan fingerprint density at radius 1 is 1.29 bits per heavy atom. The highest BCUT2D eigenvalue weighted by atomic mass is 16.3. The summed E-state index contributed by atoms with van der Waals surface area (Å²) in [6.45, 7) is 4.27. The third kappa shape index (κ3) is 5.47. The van der Waals surface area contributed by atoms with E-state index in [1.807, 2.05) is 31.1 Å². The van der Waals surface area contributed by atoms with Crippen LogP contribution >= 0.6 is 0 Å². The smallest absolute Gasteiger partial charge is 0.224 e. The molecule has 1 amide bonds. The molecular formula is C16H25N3O2. The summed E-state index contributed by atoms with van der Waals surface area (Å²) in [4.78, 5) is 15.7. The van der Waals surface area contributed by atoms with Gasteiger partial charge in [-0.25, -0.2) is 0 Å². The van der Waals surface area contributed by atoms with Crippen LogP contribution in [0.4, 0.5) is 5.69 Å². The summed E-state index contributed by atoms with van der Waals surface area (Å²) in [5.74, 6) is -0.0214. The minimum atomic E-state index is -0.428. The van der Waals surface area contributed by atoms with E-state index in [2.05, 4.69) is 6.58 Å². The molecule has 0 radical (unpaired) electrons. The summed E-state index contributed by atoms with van der Waals surface area (Å²) in [6, 6.07) is 6.97. The molecule has 0 bridgehead atoms. The third-order valence-electron chi connectivity index (χ3n) is 3.43. The highest BCUT2D eigenvalue weighted by Gasteiger charge is 2.22. The summed E-state index contributed by atoms with van der Waals surface area (Å²) in [7, 11) is 5.54. The van der Waals surface area contributed by atoms with Crippen molar-refractivity contribution in [3.05, 3.63) is 42.2 Å². The molecule has 116 valence electrons. The quantitative estimate of drug-likeness (QED) is 0.592. The summed E-state index contributed by atoms with van der Waals surface area (Å²) in [5, 5.41) is 9.80. The number of rotatable bonds is 7. The number of anilines is 1. The van der Waals surface area contributed by atoms with Crippen molar-refractivity contribution in [3.63, 3.8) is 0 Å². The zero-order valence-corrected chi connectivity index (χ0v) is 13.0. The van der Waals surface area contributed by atoms with E-state index in [0.717, 1.165) is 5.56 Å². The van der Waals surface area contributed by atoms with Crippen LogP contribution in [0.15, 0.2) is 36.6 Å². The van der Waals surface area contributed by atoms with E-state index < -0.39 is 6.04 Å². The van der Waals surface area contributed by atoms with Crippen LogP contribution in [0.5, 0.6) is 0 Å². The van der Waals surface area contributed by atoms with Gasteiger partial charge in [0.2, 0.25) is 5.91 Å². The average molecular weight is 291 g/mol. The second-order valence-corrected chi connectivity index (χ2v) is 5.51. The molecule has 1 aromatic carbocycles. The van der Waals surface area contributed by atoms with Crippen LogP contribution in [0.2, 0.25) is 0 Å². The molecule has 0 aliphatic carbocycles. The Balaban J connectivity index is 2.74. The van der Waals surface area contributed by atoms with Crippen LogP contribution in [0.1, 0.15) is 12.0 Å². The first-order valence-electron chi connectivity index (χ1n) is 6.94. The second-order valence-electron chi connectivity index (χ2n) is 5.51. The van der Waals surface area contributed by atoms with Gasteiger partial charge in [-0.2, -0.15) is 0 Å². The van der Waals surface area contributed by atoms with E-state index in [1.54, 1.807) is 24.1 Å². The van der Waals surface area contributed by atoms with Gasteiger partial charge < -0.3 is 20.6 Å². The third-order valence-corrected chi connectivity index (χ3v) is 3.43. The molecule has 1 aromatic rings. The molecule has 1 rings (SSSR count). The highest BCUT2D eigenvalue weighted by molar-refractivity contribution is 5.76. The van der Waals surface area contributed by atoms with Gasteiger partial charge in [0, 0.05) is 32.1 Å². The van der Waals surface area contributed by atoms with Crippen LogP contribution < -0.4 is 5.73 Å². The van der Waals surface area contributed by atoms with Crippen LogP contribution in [0, 0.1) is 0 Å². The van der Waals surface area contributed by atoms with Crippen molar-refractivity contribution in [2.24, 2.45) is 0 Å². The zero-order chi connectivity index (χ0) is 16.0. The van der Waals surface area contributed by atoms with Gasteiger partial charge in [-0.1, -0.05) is 18.7 Å². The number of carbonyl (C=O) groups is 1. The standard InChI is InChI=1S/C16H25N3O2/c1-12(20)15(11-13-5-7-14(17)8-6-13)19(4)16(21)9-10-18(2)3/h5-8,15,20H,1,9-11,17H2,2-4H3/t15-/m0/s1. The first kappa shape index (κ1) is 17.0. The number of nitrogens with zero attached hydrogens (tertiary/aromatic N) is 2. The molecule has 1 atom stereocenters. The Hall–Kier alpha value is -2.01. The lowest BCUT2D eigenvalue weighted by Crippen LogP contribution is -2.40. The zero-order valence-electron chi connectivity index (χ0n) is 13.0. The van der Waals surface area contributed by atoms with Crippen LogP contribution in [0.3, 0.4) is 0 Å². The largest absolute Gasteiger partial charge is 0.511 e. The minimum Gasteiger partial charge on any atom is -0.511 e. The highest BCUT2D eigenvalue weighted by Crippen LogP contribution is 2.15. The maximum atomic E-state index is 12.2. The van der Waals surface area contributed by atoms with E-state index in [0.29, 0.717) is 25.1 Å². The number of amides is 1. The lowest BCUT2D eigenvalue weighted by molar-refractivity contribution is -0.132. The molecule has 0 aliphatic heterocycles. The molecular weight excluding hydrogens is 266 g/mol. The van der Waals surface area contributed by atoms with Crippen molar-refractivity contribution >= 4 is 11.6 Å². The van der Waals surface area contributed by atoms with E-state index in [-0.39, 0.29) is 11.7 Å². The molecule has 0 heterocycles. The van der Waals surface area contributed by atoms with Gasteiger partial charge in [-0.05, 0) is 31.8 Å². The van der Waals surface area contributed by atoms with Gasteiger partial charge in [-0.15, -0.1) is 0 Å². The average Bonchev–Trinajstić information content (AvgIpc) is 2.43. The molecule has 3 N–H and O–H groups in total. The predicted octanol–water partition coefficient (Wildman–Crippen LogP) is 1.66. The lowest BCUT2D eigenvalue weighted by atomic mass is 10.0. The molecule has 0 saturated carbocycles. The SMILES string of the molecule is C=C(O)[C@H](Cc1ccc(N)cc1)N(C)C(=O)CCN(C)C. The topological polar surface area (TPSA) is 69.8 Å². The molecule has 5 heteroatoms. The number of carbonyl (C=O) groups excluding carboxylic acids is 1. The van der Waals surface area contributed by atoms with E-state index in [4.69, 9.17) is 5.73 Å². The molecule has 0 spiro atoms. The fourth-order valence-corrected chi connectivity index (χ4v) is 2.02. The molecule has 0 saturated heterocycles. The number of aliphatic hydroxyl groups is 1. The van der Waals surface area contributed by atoms with Crippen molar-refractivity contribution in [2.75, 3.05) is 33.4 Å². The van der Waals surface area contributed by atoms with Gasteiger partial charge in [0.05, 0.1) is 6.04 Å². The van der Waals surface area contributed by atoms with Crippen molar-refractivity contribution in [1.29, 1.82) is 0 Å². The van der Waals surface area contributed by atoms with E-state index in [9.17, 15) is 9.90 Å². The summed E-state index contributed by atoms with van der Waals surface area (Å²) in [5.41, 5.74) is 7.34. The van der Waals surface area contributed by atoms with Crippen molar-refractivity contribution < 1.29 is 9.90 Å². The van der Waals surface area contributed by atoms with Gasteiger partial charge >= 0.3 is 0 Å². The van der Waals surface area contributed by atoms with Gasteiger partial charge in [0.1, 0.15) is 5.76 Å². The molecule has 0 fully saturated rings. The Morgan fingerprint density at radius 3 is 2.33 bits per heavy atom. The Morgan fingerprint density at radius 2 is 1.86 bits per heavy atom. The van der Waals surface area contributed by atoms with Crippen LogP contribution in [-0.2, 0) is 11.2 Å².